The number of nitrogens with one attached hydrogen (secondary N) is 2. The van der Waals surface area contributed by atoms with Crippen LogP contribution in [0.4, 0.5) is 5.82 Å². The Labute approximate surface area is 158 Å². The molecule has 0 spiro atoms. The van der Waals surface area contributed by atoms with Crippen molar-refractivity contribution >= 4 is 17.2 Å². The van der Waals surface area contributed by atoms with Gasteiger partial charge in [-0.2, -0.15) is 10.2 Å². The highest BCUT2D eigenvalue weighted by molar-refractivity contribution is 5.95. The number of amides is 1. The van der Waals surface area contributed by atoms with E-state index in [2.05, 4.69) is 25.8 Å². The van der Waals surface area contributed by atoms with Crippen LogP contribution >= 0.6 is 0 Å². The van der Waals surface area contributed by atoms with E-state index in [4.69, 9.17) is 0 Å². The molecule has 3 aromatic rings. The van der Waals surface area contributed by atoms with E-state index in [-0.39, 0.29) is 11.9 Å². The van der Waals surface area contributed by atoms with Crippen LogP contribution in [-0.2, 0) is 13.0 Å². The smallest absolute Gasteiger partial charge is 0.254 e. The SMILES string of the molecule is Cc1cc2c(NCC3CCn4ncc(C(=O)NC(C)C)c4C3)nccn2n1. The van der Waals surface area contributed by atoms with E-state index >= 15 is 0 Å². The lowest BCUT2D eigenvalue weighted by Crippen LogP contribution is -2.32. The molecule has 0 saturated heterocycles. The lowest BCUT2D eigenvalue weighted by atomic mass is 9.94. The highest BCUT2D eigenvalue weighted by Gasteiger charge is 2.25. The van der Waals surface area contributed by atoms with E-state index in [1.165, 1.54) is 0 Å². The summed E-state index contributed by atoms with van der Waals surface area (Å²) in [6.45, 7) is 7.54. The molecule has 27 heavy (non-hydrogen) atoms. The number of anilines is 1. The van der Waals surface area contributed by atoms with Gasteiger partial charge >= 0.3 is 0 Å². The molecule has 1 unspecified atom stereocenters. The summed E-state index contributed by atoms with van der Waals surface area (Å²) in [4.78, 5) is 16.9. The average molecular weight is 367 g/mol. The molecule has 4 rings (SSSR count). The number of carbonyl (C=O) groups is 1. The van der Waals surface area contributed by atoms with Gasteiger partial charge in [0.05, 0.1) is 23.1 Å². The molecule has 8 nitrogen and oxygen atoms in total. The van der Waals surface area contributed by atoms with Crippen molar-refractivity contribution < 1.29 is 4.79 Å². The van der Waals surface area contributed by atoms with Gasteiger partial charge in [0.2, 0.25) is 0 Å². The maximum absolute atomic E-state index is 12.4. The van der Waals surface area contributed by atoms with Gasteiger partial charge in [-0.25, -0.2) is 9.50 Å². The number of hydrogen-bond donors (Lipinski definition) is 2. The molecule has 0 radical (unpaired) electrons. The summed E-state index contributed by atoms with van der Waals surface area (Å²) in [5.74, 6) is 1.22. The molecule has 1 amide bonds. The Morgan fingerprint density at radius 3 is 3.07 bits per heavy atom. The third kappa shape index (κ3) is 3.51. The Balaban J connectivity index is 1.47. The lowest BCUT2D eigenvalue weighted by Gasteiger charge is -2.24. The molecule has 4 heterocycles. The van der Waals surface area contributed by atoms with Crippen LogP contribution in [0, 0.1) is 12.8 Å². The largest absolute Gasteiger partial charge is 0.368 e. The van der Waals surface area contributed by atoms with Crippen molar-refractivity contribution in [3.63, 3.8) is 0 Å². The zero-order valence-electron chi connectivity index (χ0n) is 15.9. The van der Waals surface area contributed by atoms with Gasteiger partial charge in [-0.15, -0.1) is 0 Å². The Morgan fingerprint density at radius 2 is 2.26 bits per heavy atom. The first kappa shape index (κ1) is 17.5. The monoisotopic (exact) mass is 367 g/mol. The second-order valence-electron chi connectivity index (χ2n) is 7.49. The van der Waals surface area contributed by atoms with Crippen molar-refractivity contribution in [1.29, 1.82) is 0 Å². The van der Waals surface area contributed by atoms with Crippen LogP contribution < -0.4 is 10.6 Å². The van der Waals surface area contributed by atoms with Crippen LogP contribution in [0.5, 0.6) is 0 Å². The normalized spacial score (nSPS) is 16.5. The quantitative estimate of drug-likeness (QED) is 0.720. The molecular weight excluding hydrogens is 342 g/mol. The highest BCUT2D eigenvalue weighted by Crippen LogP contribution is 2.24. The zero-order chi connectivity index (χ0) is 19.0. The molecule has 1 aliphatic rings. The molecule has 8 heteroatoms. The molecular formula is C19H25N7O. The standard InChI is InChI=1S/C19H25N7O/c1-12(2)23-19(27)15-11-22-25-6-4-14(9-16(15)25)10-21-18-17-8-13(3)24-26(17)7-5-20-18/h5,7-8,11-12,14H,4,6,9-10H2,1-3H3,(H,20,21)(H,23,27). The fraction of sp³-hybridized carbons (Fsp3) is 0.474. The van der Waals surface area contributed by atoms with E-state index < -0.39 is 0 Å². The van der Waals surface area contributed by atoms with E-state index in [9.17, 15) is 4.79 Å². The second kappa shape index (κ2) is 7.02. The van der Waals surface area contributed by atoms with Crippen LogP contribution in [0.25, 0.3) is 5.52 Å². The maximum Gasteiger partial charge on any atom is 0.254 e. The van der Waals surface area contributed by atoms with Crippen molar-refractivity contribution in [2.24, 2.45) is 5.92 Å². The fourth-order valence-corrected chi connectivity index (χ4v) is 3.62. The highest BCUT2D eigenvalue weighted by atomic mass is 16.1. The minimum Gasteiger partial charge on any atom is -0.368 e. The zero-order valence-corrected chi connectivity index (χ0v) is 15.9. The molecule has 142 valence electrons. The first-order chi connectivity index (χ1) is 13.0. The molecule has 1 atom stereocenters. The van der Waals surface area contributed by atoms with Crippen LogP contribution in [0.3, 0.4) is 0 Å². The van der Waals surface area contributed by atoms with Crippen LogP contribution in [0.1, 0.15) is 42.0 Å². The van der Waals surface area contributed by atoms with Crippen LogP contribution in [0.2, 0.25) is 0 Å². The number of carbonyl (C=O) groups excluding carboxylic acids is 1. The summed E-state index contributed by atoms with van der Waals surface area (Å²) in [5.41, 5.74) is 3.67. The molecule has 0 bridgehead atoms. The average Bonchev–Trinajstić information content (AvgIpc) is 3.21. The first-order valence-corrected chi connectivity index (χ1v) is 9.41. The Morgan fingerprint density at radius 1 is 1.41 bits per heavy atom. The minimum atomic E-state index is -0.0407. The summed E-state index contributed by atoms with van der Waals surface area (Å²) < 4.78 is 3.81. The molecule has 3 aromatic heterocycles. The number of aryl methyl sites for hydroxylation is 2. The van der Waals surface area contributed by atoms with E-state index in [0.29, 0.717) is 11.5 Å². The number of aromatic nitrogens is 5. The molecule has 0 fully saturated rings. The maximum atomic E-state index is 12.4. The number of nitrogens with zero attached hydrogens (tertiary/aromatic N) is 5. The van der Waals surface area contributed by atoms with Gasteiger partial charge in [0.15, 0.2) is 5.82 Å². The van der Waals surface area contributed by atoms with Gasteiger partial charge in [-0.3, -0.25) is 9.48 Å². The number of fused-ring (bicyclic) bond motifs is 2. The molecule has 0 aliphatic carbocycles. The summed E-state index contributed by atoms with van der Waals surface area (Å²) in [7, 11) is 0. The third-order valence-corrected chi connectivity index (χ3v) is 4.91. The Bertz CT molecular complexity index is 972. The van der Waals surface area contributed by atoms with Crippen molar-refractivity contribution in [1.82, 2.24) is 29.7 Å². The minimum absolute atomic E-state index is 0.0407. The van der Waals surface area contributed by atoms with Gasteiger partial charge in [0.25, 0.3) is 5.91 Å². The van der Waals surface area contributed by atoms with Crippen molar-refractivity contribution in [3.8, 4) is 0 Å². The van der Waals surface area contributed by atoms with Crippen molar-refractivity contribution in [2.45, 2.75) is 46.2 Å². The van der Waals surface area contributed by atoms with Crippen LogP contribution in [0.15, 0.2) is 24.7 Å². The van der Waals surface area contributed by atoms with Crippen LogP contribution in [-0.4, -0.2) is 42.9 Å². The third-order valence-electron chi connectivity index (χ3n) is 4.91. The van der Waals surface area contributed by atoms with E-state index in [0.717, 1.165) is 48.7 Å². The summed E-state index contributed by atoms with van der Waals surface area (Å²) in [6, 6.07) is 2.14. The van der Waals surface area contributed by atoms with Gasteiger partial charge in [0, 0.05) is 31.5 Å². The van der Waals surface area contributed by atoms with E-state index in [1.54, 1.807) is 12.4 Å². The summed E-state index contributed by atoms with van der Waals surface area (Å²) >= 11 is 0. The van der Waals surface area contributed by atoms with Gasteiger partial charge in [0.1, 0.15) is 5.52 Å². The molecule has 0 aromatic carbocycles. The molecule has 0 saturated carbocycles. The number of rotatable bonds is 5. The van der Waals surface area contributed by atoms with Gasteiger partial charge in [-0.1, -0.05) is 0 Å². The fourth-order valence-electron chi connectivity index (χ4n) is 3.62. The Kier molecular flexibility index (Phi) is 4.55. The summed E-state index contributed by atoms with van der Waals surface area (Å²) in [6.07, 6.45) is 7.15. The second-order valence-corrected chi connectivity index (χ2v) is 7.49. The summed E-state index contributed by atoms with van der Waals surface area (Å²) in [5, 5.41) is 15.3. The van der Waals surface area contributed by atoms with E-state index in [1.807, 2.05) is 42.2 Å². The lowest BCUT2D eigenvalue weighted by molar-refractivity contribution is 0.0941. The van der Waals surface area contributed by atoms with Gasteiger partial charge in [-0.05, 0) is 45.6 Å². The molecule has 1 aliphatic heterocycles. The number of hydrogen-bond acceptors (Lipinski definition) is 5. The molecule has 2 N–H and O–H groups in total. The van der Waals surface area contributed by atoms with Crippen molar-refractivity contribution in [2.75, 3.05) is 11.9 Å². The van der Waals surface area contributed by atoms with Crippen molar-refractivity contribution in [3.05, 3.63) is 41.6 Å². The Hall–Kier alpha value is -2.90. The predicted molar refractivity (Wildman–Crippen MR) is 103 cm³/mol. The predicted octanol–water partition coefficient (Wildman–Crippen LogP) is 2.05. The van der Waals surface area contributed by atoms with Gasteiger partial charge < -0.3 is 10.6 Å². The topological polar surface area (TPSA) is 89.1 Å². The first-order valence-electron chi connectivity index (χ1n) is 9.41.